The van der Waals surface area contributed by atoms with Gasteiger partial charge in [0.25, 0.3) is 0 Å². The molecule has 1 aromatic heterocycles. The Morgan fingerprint density at radius 1 is 1.04 bits per heavy atom. The molecule has 0 radical (unpaired) electrons. The second kappa shape index (κ2) is 7.15. The zero-order chi connectivity index (χ0) is 18.8. The lowest BCUT2D eigenvalue weighted by atomic mass is 10.0. The van der Waals surface area contributed by atoms with E-state index in [1.165, 1.54) is 17.5 Å². The average Bonchev–Trinajstić information content (AvgIpc) is 3.38. The third-order valence-electron chi connectivity index (χ3n) is 4.82. The highest BCUT2D eigenvalue weighted by atomic mass is 16.5. The fourth-order valence-corrected chi connectivity index (χ4v) is 3.33. The Balaban J connectivity index is 1.43. The number of ketones is 1. The van der Waals surface area contributed by atoms with Crippen LogP contribution in [0.5, 0.6) is 0 Å². The lowest BCUT2D eigenvalue weighted by molar-refractivity contribution is 0.0319. The van der Waals surface area contributed by atoms with Crippen molar-refractivity contribution in [1.82, 2.24) is 14.8 Å². The van der Waals surface area contributed by atoms with Crippen LogP contribution in [0, 0.1) is 0 Å². The van der Waals surface area contributed by atoms with Crippen molar-refractivity contribution in [3.8, 4) is 5.69 Å². The maximum Gasteiger partial charge on any atom is 0.338 e. The number of hydrogen-bond acceptors (Lipinski definition) is 5. The van der Waals surface area contributed by atoms with Crippen LogP contribution in [0.25, 0.3) is 5.69 Å². The highest BCUT2D eigenvalue weighted by Crippen LogP contribution is 2.23. The zero-order valence-electron chi connectivity index (χ0n) is 15.0. The summed E-state index contributed by atoms with van der Waals surface area (Å²) in [5.74, 6) is -0.709. The molecule has 0 amide bonds. The number of carbonyl (C=O) groups is 2. The number of esters is 1. The van der Waals surface area contributed by atoms with Crippen molar-refractivity contribution in [2.75, 3.05) is 0 Å². The van der Waals surface area contributed by atoms with Crippen LogP contribution in [-0.2, 0) is 17.6 Å². The lowest BCUT2D eigenvalue weighted by Crippen LogP contribution is -2.24. The van der Waals surface area contributed by atoms with E-state index < -0.39 is 12.1 Å². The molecule has 1 aliphatic carbocycles. The Bertz CT molecular complexity index is 978. The van der Waals surface area contributed by atoms with Gasteiger partial charge in [-0.15, -0.1) is 0 Å². The number of rotatable bonds is 5. The molecule has 0 unspecified atom stereocenters. The number of hydrogen-bond donors (Lipinski definition) is 0. The van der Waals surface area contributed by atoms with Gasteiger partial charge in [-0.1, -0.05) is 12.1 Å². The topological polar surface area (TPSA) is 74.1 Å². The van der Waals surface area contributed by atoms with Gasteiger partial charge in [0, 0.05) is 5.56 Å². The van der Waals surface area contributed by atoms with Gasteiger partial charge in [0.05, 0.1) is 11.3 Å². The van der Waals surface area contributed by atoms with Crippen LogP contribution in [0.1, 0.15) is 45.2 Å². The number of ether oxygens (including phenoxy) is 1. The minimum Gasteiger partial charge on any atom is -0.451 e. The summed E-state index contributed by atoms with van der Waals surface area (Å²) in [6, 6.07) is 12.5. The molecule has 0 bridgehead atoms. The molecular formula is C21H19N3O3. The summed E-state index contributed by atoms with van der Waals surface area (Å²) < 4.78 is 6.97. The molecule has 0 saturated heterocycles. The maximum atomic E-state index is 12.6. The standard InChI is InChI=1S/C21H19N3O3/c1-14(20(25)18-6-5-15-3-2-4-17(15)11-18)27-21(26)16-7-9-19(10-8-16)24-13-22-12-23-24/h5-14H,2-4H2,1H3/t14-/m1/s1. The Morgan fingerprint density at radius 3 is 2.52 bits per heavy atom. The fraction of sp³-hybridized carbons (Fsp3) is 0.238. The smallest absolute Gasteiger partial charge is 0.338 e. The molecule has 4 rings (SSSR count). The average molecular weight is 361 g/mol. The minimum absolute atomic E-state index is 0.183. The van der Waals surface area contributed by atoms with E-state index in [9.17, 15) is 9.59 Å². The van der Waals surface area contributed by atoms with Gasteiger partial charge < -0.3 is 4.74 Å². The van der Waals surface area contributed by atoms with Gasteiger partial charge in [-0.05, 0) is 67.6 Å². The molecule has 0 spiro atoms. The third kappa shape index (κ3) is 3.51. The van der Waals surface area contributed by atoms with Crippen LogP contribution >= 0.6 is 0 Å². The molecule has 6 nitrogen and oxygen atoms in total. The molecule has 1 heterocycles. The number of benzene rings is 2. The maximum absolute atomic E-state index is 12.6. The quantitative estimate of drug-likeness (QED) is 0.515. The summed E-state index contributed by atoms with van der Waals surface area (Å²) in [7, 11) is 0. The van der Waals surface area contributed by atoms with E-state index in [1.54, 1.807) is 42.2 Å². The minimum atomic E-state index is -0.841. The molecule has 3 aromatic rings. The second-order valence-electron chi connectivity index (χ2n) is 6.64. The first kappa shape index (κ1) is 17.1. The number of nitrogens with zero attached hydrogens (tertiary/aromatic N) is 3. The van der Waals surface area contributed by atoms with Gasteiger partial charge in [0.2, 0.25) is 5.78 Å². The van der Waals surface area contributed by atoms with Gasteiger partial charge in [-0.25, -0.2) is 14.5 Å². The highest BCUT2D eigenvalue weighted by Gasteiger charge is 2.22. The third-order valence-corrected chi connectivity index (χ3v) is 4.82. The summed E-state index contributed by atoms with van der Waals surface area (Å²) in [5, 5.41) is 4.04. The number of Topliss-reactive ketones (excluding diaryl/α,β-unsaturated/α-hetero) is 1. The van der Waals surface area contributed by atoms with Crippen LogP contribution < -0.4 is 0 Å². The van der Waals surface area contributed by atoms with Crippen molar-refractivity contribution in [1.29, 1.82) is 0 Å². The van der Waals surface area contributed by atoms with Gasteiger partial charge in [-0.2, -0.15) is 5.10 Å². The summed E-state index contributed by atoms with van der Waals surface area (Å²) in [6.45, 7) is 1.61. The van der Waals surface area contributed by atoms with E-state index in [-0.39, 0.29) is 5.78 Å². The summed E-state index contributed by atoms with van der Waals surface area (Å²) in [6.07, 6.45) is 5.37. The molecular weight excluding hydrogens is 342 g/mol. The van der Waals surface area contributed by atoms with Crippen molar-refractivity contribution in [2.24, 2.45) is 0 Å². The Kier molecular flexibility index (Phi) is 4.54. The van der Waals surface area contributed by atoms with E-state index in [0.717, 1.165) is 24.9 Å². The number of fused-ring (bicyclic) bond motifs is 1. The van der Waals surface area contributed by atoms with Crippen LogP contribution in [0.2, 0.25) is 0 Å². The van der Waals surface area contributed by atoms with E-state index in [0.29, 0.717) is 11.1 Å². The van der Waals surface area contributed by atoms with Crippen molar-refractivity contribution < 1.29 is 14.3 Å². The van der Waals surface area contributed by atoms with Crippen molar-refractivity contribution in [2.45, 2.75) is 32.3 Å². The second-order valence-corrected chi connectivity index (χ2v) is 6.64. The SMILES string of the molecule is C[C@@H](OC(=O)c1ccc(-n2cncn2)cc1)C(=O)c1ccc2c(c1)CCC2. The normalized spacial score (nSPS) is 13.8. The lowest BCUT2D eigenvalue weighted by Gasteiger charge is -2.13. The van der Waals surface area contributed by atoms with Gasteiger partial charge in [0.1, 0.15) is 12.7 Å². The Hall–Kier alpha value is -3.28. The molecule has 2 aromatic carbocycles. The largest absolute Gasteiger partial charge is 0.451 e. The number of aromatic nitrogens is 3. The number of aryl methyl sites for hydroxylation is 2. The zero-order valence-corrected chi connectivity index (χ0v) is 15.0. The van der Waals surface area contributed by atoms with Crippen molar-refractivity contribution in [3.05, 3.63) is 77.4 Å². The molecule has 0 fully saturated rings. The van der Waals surface area contributed by atoms with Crippen LogP contribution in [0.4, 0.5) is 0 Å². The number of carbonyl (C=O) groups excluding carboxylic acids is 2. The van der Waals surface area contributed by atoms with E-state index >= 15 is 0 Å². The molecule has 0 aliphatic heterocycles. The highest BCUT2D eigenvalue weighted by molar-refractivity contribution is 6.01. The summed E-state index contributed by atoms with van der Waals surface area (Å²) >= 11 is 0. The van der Waals surface area contributed by atoms with Crippen LogP contribution in [0.3, 0.4) is 0 Å². The molecule has 0 N–H and O–H groups in total. The molecule has 0 saturated carbocycles. The predicted octanol–water partition coefficient (Wildman–Crippen LogP) is 3.18. The van der Waals surface area contributed by atoms with E-state index in [1.807, 2.05) is 18.2 Å². The monoisotopic (exact) mass is 361 g/mol. The van der Waals surface area contributed by atoms with Crippen LogP contribution in [-0.4, -0.2) is 32.6 Å². The molecule has 27 heavy (non-hydrogen) atoms. The van der Waals surface area contributed by atoms with Crippen molar-refractivity contribution in [3.63, 3.8) is 0 Å². The fourth-order valence-electron chi connectivity index (χ4n) is 3.33. The van der Waals surface area contributed by atoms with Gasteiger partial charge in [0.15, 0.2) is 6.10 Å². The Labute approximate surface area is 156 Å². The van der Waals surface area contributed by atoms with Crippen LogP contribution in [0.15, 0.2) is 55.1 Å². The van der Waals surface area contributed by atoms with E-state index in [4.69, 9.17) is 4.74 Å². The molecule has 1 atom stereocenters. The Morgan fingerprint density at radius 2 is 1.78 bits per heavy atom. The van der Waals surface area contributed by atoms with Gasteiger partial charge >= 0.3 is 5.97 Å². The van der Waals surface area contributed by atoms with E-state index in [2.05, 4.69) is 10.1 Å². The summed E-state index contributed by atoms with van der Waals surface area (Å²) in [5.41, 5.74) is 4.29. The first-order chi connectivity index (χ1) is 13.1. The van der Waals surface area contributed by atoms with Gasteiger partial charge in [-0.3, -0.25) is 4.79 Å². The van der Waals surface area contributed by atoms with Crippen molar-refractivity contribution >= 4 is 11.8 Å². The molecule has 6 heteroatoms. The summed E-state index contributed by atoms with van der Waals surface area (Å²) in [4.78, 5) is 28.9. The first-order valence-corrected chi connectivity index (χ1v) is 8.94. The molecule has 1 aliphatic rings. The first-order valence-electron chi connectivity index (χ1n) is 8.94. The molecule has 136 valence electrons. The predicted molar refractivity (Wildman–Crippen MR) is 99.0 cm³/mol.